The molecule has 0 radical (unpaired) electrons. The summed E-state index contributed by atoms with van der Waals surface area (Å²) in [4.78, 5) is 25.1. The Balaban J connectivity index is 1.63. The first-order valence-electron chi connectivity index (χ1n) is 8.48. The van der Waals surface area contributed by atoms with E-state index < -0.39 is 6.10 Å². The van der Waals surface area contributed by atoms with Gasteiger partial charge in [-0.2, -0.15) is 0 Å². The number of phenolic OH excluding ortho intramolecular Hbond substituents is 1. The number of aromatic nitrogens is 1. The molecule has 7 nitrogen and oxygen atoms in total. The number of aromatic amines is 1. The third-order valence-corrected chi connectivity index (χ3v) is 5.45. The largest absolute Gasteiger partial charge is 0.506 e. The van der Waals surface area contributed by atoms with Crippen molar-refractivity contribution >= 4 is 27.5 Å². The number of amides is 1. The minimum atomic E-state index is -0.825. The fraction of sp³-hybridized carbons (Fsp3) is 0.263. The van der Waals surface area contributed by atoms with Crippen LogP contribution in [-0.4, -0.2) is 27.6 Å². The molecule has 0 aliphatic rings. The maximum Gasteiger partial charge on any atom is 0.305 e. The molecule has 1 heterocycles. The molecule has 6 N–H and O–H groups in total. The van der Waals surface area contributed by atoms with E-state index >= 15 is 0 Å². The van der Waals surface area contributed by atoms with Crippen LogP contribution in [0.5, 0.6) is 5.75 Å². The van der Waals surface area contributed by atoms with Crippen molar-refractivity contribution in [1.82, 2.24) is 10.3 Å². The minimum Gasteiger partial charge on any atom is -0.506 e. The molecule has 1 aromatic heterocycles. The van der Waals surface area contributed by atoms with Gasteiger partial charge in [-0.25, -0.2) is 0 Å². The standard InChI is InChI=1S/C19H21N3O4S/c1-10(18(20)25)12-4-2-11(3-5-12)8-21-9-15(24)13-6-7-14(23)16-17(13)27-19(26)22-16/h2-7,10,15,21,23-24H,8-9H2,1H3,(H2,20,25)(H,22,26)/t10?,15-/m0/s1. The quantitative estimate of drug-likeness (QED) is 0.422. The zero-order valence-electron chi connectivity index (χ0n) is 14.7. The Morgan fingerprint density at radius 1 is 1.26 bits per heavy atom. The first-order valence-corrected chi connectivity index (χ1v) is 9.30. The summed E-state index contributed by atoms with van der Waals surface area (Å²) in [5.41, 5.74) is 8.11. The second-order valence-corrected chi connectivity index (χ2v) is 7.39. The summed E-state index contributed by atoms with van der Waals surface area (Å²) >= 11 is 0.961. The molecule has 1 unspecified atom stereocenters. The Hall–Kier alpha value is -2.68. The molecule has 3 aromatic rings. The van der Waals surface area contributed by atoms with Crippen molar-refractivity contribution in [3.8, 4) is 5.75 Å². The summed E-state index contributed by atoms with van der Waals surface area (Å²) < 4.78 is 0.555. The Morgan fingerprint density at radius 2 is 1.96 bits per heavy atom. The van der Waals surface area contributed by atoms with Crippen LogP contribution in [0.3, 0.4) is 0 Å². The number of aliphatic hydroxyl groups is 1. The van der Waals surface area contributed by atoms with E-state index in [9.17, 15) is 19.8 Å². The van der Waals surface area contributed by atoms with Gasteiger partial charge in [-0.15, -0.1) is 0 Å². The summed E-state index contributed by atoms with van der Waals surface area (Å²) in [5, 5.41) is 23.5. The number of hydrogen-bond acceptors (Lipinski definition) is 6. The monoisotopic (exact) mass is 387 g/mol. The molecule has 8 heteroatoms. The second kappa shape index (κ2) is 7.91. The lowest BCUT2D eigenvalue weighted by Crippen LogP contribution is -2.21. The number of H-pyrrole nitrogens is 1. The number of primary amides is 1. The number of aliphatic hydroxyl groups excluding tert-OH is 1. The Kier molecular flexibility index (Phi) is 5.59. The number of carbonyl (C=O) groups excluding carboxylic acids is 1. The van der Waals surface area contributed by atoms with Crippen LogP contribution in [0.4, 0.5) is 0 Å². The summed E-state index contributed by atoms with van der Waals surface area (Å²) in [6.45, 7) is 2.58. The number of nitrogens with one attached hydrogen (secondary N) is 2. The van der Waals surface area contributed by atoms with Gasteiger partial charge in [-0.05, 0) is 24.1 Å². The van der Waals surface area contributed by atoms with E-state index in [0.29, 0.717) is 22.3 Å². The zero-order valence-corrected chi connectivity index (χ0v) is 15.5. The number of rotatable bonds is 7. The molecule has 2 atom stereocenters. The molecule has 0 bridgehead atoms. The molecule has 0 fully saturated rings. The summed E-state index contributed by atoms with van der Waals surface area (Å²) in [6.07, 6.45) is -0.825. The van der Waals surface area contributed by atoms with Gasteiger partial charge in [0.1, 0.15) is 11.3 Å². The highest BCUT2D eigenvalue weighted by Gasteiger charge is 2.16. The first kappa shape index (κ1) is 19.1. The van der Waals surface area contributed by atoms with Crippen LogP contribution in [0.25, 0.3) is 10.2 Å². The van der Waals surface area contributed by atoms with Crippen molar-refractivity contribution in [2.45, 2.75) is 25.5 Å². The molecule has 0 aliphatic heterocycles. The maximum atomic E-state index is 11.6. The van der Waals surface area contributed by atoms with Crippen LogP contribution in [0.2, 0.25) is 0 Å². The first-order chi connectivity index (χ1) is 12.9. The Bertz CT molecular complexity index is 1010. The number of fused-ring (bicyclic) bond motifs is 1. The SMILES string of the molecule is CC(C(N)=O)c1ccc(CNC[C@H](O)c2ccc(O)c3[nH]c(=O)sc23)cc1. The van der Waals surface area contributed by atoms with Crippen molar-refractivity contribution in [3.63, 3.8) is 0 Å². The normalized spacial score (nSPS) is 13.6. The van der Waals surface area contributed by atoms with Gasteiger partial charge in [0, 0.05) is 18.7 Å². The third-order valence-electron chi connectivity index (χ3n) is 4.52. The lowest BCUT2D eigenvalue weighted by Gasteiger charge is -2.14. The number of phenols is 1. The lowest BCUT2D eigenvalue weighted by atomic mass is 9.99. The minimum absolute atomic E-state index is 0.0162. The molecule has 0 saturated carbocycles. The number of carbonyl (C=O) groups is 1. The molecule has 27 heavy (non-hydrogen) atoms. The number of hydrogen-bond donors (Lipinski definition) is 5. The number of nitrogens with two attached hydrogens (primary N) is 1. The topological polar surface area (TPSA) is 128 Å². The molecule has 1 amide bonds. The average molecular weight is 387 g/mol. The van der Waals surface area contributed by atoms with Crippen molar-refractivity contribution in [2.24, 2.45) is 5.73 Å². The van der Waals surface area contributed by atoms with Crippen molar-refractivity contribution in [2.75, 3.05) is 6.54 Å². The van der Waals surface area contributed by atoms with Crippen molar-refractivity contribution in [1.29, 1.82) is 0 Å². The van der Waals surface area contributed by atoms with E-state index in [1.165, 1.54) is 6.07 Å². The molecule has 0 spiro atoms. The van der Waals surface area contributed by atoms with E-state index in [2.05, 4.69) is 10.3 Å². The highest BCUT2D eigenvalue weighted by Crippen LogP contribution is 2.31. The van der Waals surface area contributed by atoms with Crippen molar-refractivity contribution < 1.29 is 15.0 Å². The van der Waals surface area contributed by atoms with Gasteiger partial charge >= 0.3 is 4.87 Å². The molecule has 3 rings (SSSR count). The highest BCUT2D eigenvalue weighted by atomic mass is 32.1. The van der Waals surface area contributed by atoms with Gasteiger partial charge in [0.05, 0.1) is 16.7 Å². The van der Waals surface area contributed by atoms with Crippen LogP contribution < -0.4 is 15.9 Å². The van der Waals surface area contributed by atoms with Gasteiger partial charge in [0.2, 0.25) is 5.91 Å². The van der Waals surface area contributed by atoms with Crippen LogP contribution in [0.1, 0.15) is 35.6 Å². The molecule has 142 valence electrons. The van der Waals surface area contributed by atoms with Crippen molar-refractivity contribution in [3.05, 3.63) is 62.8 Å². The van der Waals surface area contributed by atoms with Gasteiger partial charge < -0.3 is 26.2 Å². The molecule has 0 aliphatic carbocycles. The smallest absolute Gasteiger partial charge is 0.305 e. The van der Waals surface area contributed by atoms with E-state index in [1.54, 1.807) is 13.0 Å². The van der Waals surface area contributed by atoms with Gasteiger partial charge in [0.25, 0.3) is 0 Å². The highest BCUT2D eigenvalue weighted by molar-refractivity contribution is 7.16. The van der Waals surface area contributed by atoms with E-state index in [0.717, 1.165) is 22.5 Å². The zero-order chi connectivity index (χ0) is 19.6. The molecule has 2 aromatic carbocycles. The van der Waals surface area contributed by atoms with E-state index in [4.69, 9.17) is 5.73 Å². The van der Waals surface area contributed by atoms with Gasteiger partial charge in [0.15, 0.2) is 0 Å². The predicted octanol–water partition coefficient (Wildman–Crippen LogP) is 1.71. The van der Waals surface area contributed by atoms with Crippen LogP contribution in [0.15, 0.2) is 41.2 Å². The molecular weight excluding hydrogens is 366 g/mol. The van der Waals surface area contributed by atoms with E-state index in [1.807, 2.05) is 24.3 Å². The number of aromatic hydroxyl groups is 1. The Morgan fingerprint density at radius 3 is 2.63 bits per heavy atom. The van der Waals surface area contributed by atoms with Crippen LogP contribution in [0, 0.1) is 0 Å². The summed E-state index contributed by atoms with van der Waals surface area (Å²) in [6, 6.07) is 10.6. The fourth-order valence-electron chi connectivity index (χ4n) is 2.85. The average Bonchev–Trinajstić information content (AvgIpc) is 3.04. The molecule has 0 saturated heterocycles. The predicted molar refractivity (Wildman–Crippen MR) is 105 cm³/mol. The lowest BCUT2D eigenvalue weighted by molar-refractivity contribution is -0.119. The van der Waals surface area contributed by atoms with Gasteiger partial charge in [-0.3, -0.25) is 9.59 Å². The van der Waals surface area contributed by atoms with Crippen LogP contribution >= 0.6 is 11.3 Å². The van der Waals surface area contributed by atoms with Gasteiger partial charge in [-0.1, -0.05) is 41.7 Å². The number of benzene rings is 2. The maximum absolute atomic E-state index is 11.6. The number of thiazole rings is 1. The Labute approximate surface area is 159 Å². The summed E-state index contributed by atoms with van der Waals surface area (Å²) in [5.74, 6) is -0.715. The third kappa shape index (κ3) is 4.19. The summed E-state index contributed by atoms with van der Waals surface area (Å²) in [7, 11) is 0. The van der Waals surface area contributed by atoms with E-state index in [-0.39, 0.29) is 29.0 Å². The van der Waals surface area contributed by atoms with Crippen LogP contribution in [-0.2, 0) is 11.3 Å². The second-order valence-electron chi connectivity index (χ2n) is 6.40. The fourth-order valence-corrected chi connectivity index (χ4v) is 3.77. The molecular formula is C19H21N3O4S.